The zero-order chi connectivity index (χ0) is 30.1. The minimum absolute atomic E-state index is 0.212. The number of fused-ring (bicyclic) bond motifs is 1. The Kier molecular flexibility index (Phi) is 8.18. The number of piperazine rings is 1. The number of methoxy groups -OCH3 is 1. The second kappa shape index (κ2) is 12.2. The van der Waals surface area contributed by atoms with Gasteiger partial charge in [0.15, 0.2) is 5.65 Å². The molecule has 226 valence electrons. The summed E-state index contributed by atoms with van der Waals surface area (Å²) in [6.45, 7) is 4.56. The van der Waals surface area contributed by atoms with Crippen LogP contribution in [-0.4, -0.2) is 95.9 Å². The molecule has 6 rings (SSSR count). The van der Waals surface area contributed by atoms with Crippen molar-refractivity contribution in [2.75, 3.05) is 70.4 Å². The first kappa shape index (κ1) is 28.9. The molecule has 2 aromatic carbocycles. The molecular formula is C32H41N9O2. The molecule has 11 nitrogen and oxygen atoms in total. The lowest BCUT2D eigenvalue weighted by molar-refractivity contribution is 0.0815. The molecule has 43 heavy (non-hydrogen) atoms. The highest BCUT2D eigenvalue weighted by Crippen LogP contribution is 2.39. The Morgan fingerprint density at radius 3 is 2.35 bits per heavy atom. The van der Waals surface area contributed by atoms with Gasteiger partial charge in [-0.15, -0.1) is 0 Å². The first-order valence-corrected chi connectivity index (χ1v) is 15.0. The number of hydrogen-bond donors (Lipinski definition) is 2. The molecule has 0 atom stereocenters. The number of benzene rings is 2. The highest BCUT2D eigenvalue weighted by Gasteiger charge is 2.31. The number of nitrogens with one attached hydrogen (secondary N) is 1. The number of nitrogens with two attached hydrogens (primary N) is 1. The first-order valence-electron chi connectivity index (χ1n) is 15.0. The number of nitrogens with zero attached hydrogens (tertiary/aromatic N) is 7. The van der Waals surface area contributed by atoms with Gasteiger partial charge in [0.05, 0.1) is 24.2 Å². The normalized spacial score (nSPS) is 19.8. The summed E-state index contributed by atoms with van der Waals surface area (Å²) in [5, 5.41) is 8.82. The topological polar surface area (TPSA) is 118 Å². The highest BCUT2D eigenvalue weighted by atomic mass is 16.5. The summed E-state index contributed by atoms with van der Waals surface area (Å²) < 4.78 is 7.77. The van der Waals surface area contributed by atoms with Crippen molar-refractivity contribution < 1.29 is 9.53 Å². The summed E-state index contributed by atoms with van der Waals surface area (Å²) in [5.41, 5.74) is 10.9. The van der Waals surface area contributed by atoms with Gasteiger partial charge in [0.2, 0.25) is 0 Å². The SMILES string of the molecule is COc1cc(-c2nn([C@H]3CC[C@H](N4CCN(C)CC4)CC3)c3ncnc(N)c23)ccc1NC(=O)c1ccc(N(C)C)cc1. The van der Waals surface area contributed by atoms with Crippen molar-refractivity contribution in [3.05, 3.63) is 54.4 Å². The summed E-state index contributed by atoms with van der Waals surface area (Å²) in [7, 11) is 7.72. The number of likely N-dealkylation sites (N-methyl/N-ethyl adjacent to an activating group) is 1. The van der Waals surface area contributed by atoms with Gasteiger partial charge in [-0.25, -0.2) is 14.6 Å². The monoisotopic (exact) mass is 583 g/mol. The van der Waals surface area contributed by atoms with Crippen molar-refractivity contribution in [1.29, 1.82) is 0 Å². The lowest BCUT2D eigenvalue weighted by atomic mass is 9.90. The lowest BCUT2D eigenvalue weighted by Crippen LogP contribution is -2.49. The molecule has 11 heteroatoms. The Hall–Kier alpha value is -4.22. The number of carbonyl (C=O) groups is 1. The average molecular weight is 584 g/mol. The van der Waals surface area contributed by atoms with Crippen molar-refractivity contribution in [1.82, 2.24) is 29.5 Å². The number of ether oxygens (including phenoxy) is 1. The number of amides is 1. The molecule has 3 N–H and O–H groups in total. The molecule has 1 aliphatic carbocycles. The van der Waals surface area contributed by atoms with Gasteiger partial charge in [-0.3, -0.25) is 9.69 Å². The van der Waals surface area contributed by atoms with Crippen LogP contribution in [0.5, 0.6) is 5.75 Å². The highest BCUT2D eigenvalue weighted by molar-refractivity contribution is 6.05. The number of hydrogen-bond acceptors (Lipinski definition) is 9. The maximum Gasteiger partial charge on any atom is 0.255 e. The van der Waals surface area contributed by atoms with Crippen LogP contribution in [-0.2, 0) is 0 Å². The Balaban J connectivity index is 1.24. The molecule has 1 amide bonds. The number of aromatic nitrogens is 4. The van der Waals surface area contributed by atoms with Crippen LogP contribution in [0, 0.1) is 0 Å². The van der Waals surface area contributed by atoms with Gasteiger partial charge in [0, 0.05) is 63.1 Å². The molecule has 1 saturated heterocycles. The molecule has 2 fully saturated rings. The summed E-state index contributed by atoms with van der Waals surface area (Å²) in [5.74, 6) is 0.715. The predicted molar refractivity (Wildman–Crippen MR) is 171 cm³/mol. The van der Waals surface area contributed by atoms with Crippen LogP contribution in [0.25, 0.3) is 22.3 Å². The van der Waals surface area contributed by atoms with Gasteiger partial charge in [-0.2, -0.15) is 5.10 Å². The Morgan fingerprint density at radius 2 is 1.67 bits per heavy atom. The van der Waals surface area contributed by atoms with E-state index >= 15 is 0 Å². The van der Waals surface area contributed by atoms with Crippen molar-refractivity contribution in [2.45, 2.75) is 37.8 Å². The maximum atomic E-state index is 13.0. The second-order valence-electron chi connectivity index (χ2n) is 11.9. The molecule has 1 saturated carbocycles. The fraction of sp³-hybridized carbons (Fsp3) is 0.438. The van der Waals surface area contributed by atoms with E-state index in [1.54, 1.807) is 7.11 Å². The molecule has 2 aliphatic rings. The van der Waals surface area contributed by atoms with E-state index in [0.717, 1.165) is 74.1 Å². The molecule has 4 aromatic rings. The summed E-state index contributed by atoms with van der Waals surface area (Å²) >= 11 is 0. The maximum absolute atomic E-state index is 13.0. The zero-order valence-electron chi connectivity index (χ0n) is 25.5. The van der Waals surface area contributed by atoms with Gasteiger partial charge < -0.3 is 25.6 Å². The van der Waals surface area contributed by atoms with Gasteiger partial charge in [-0.05, 0) is 69.1 Å². The van der Waals surface area contributed by atoms with Crippen molar-refractivity contribution >= 4 is 34.1 Å². The number of carbonyl (C=O) groups excluding carboxylic acids is 1. The third-order valence-electron chi connectivity index (χ3n) is 8.95. The van der Waals surface area contributed by atoms with Crippen LogP contribution in [0.2, 0.25) is 0 Å². The Bertz CT molecular complexity index is 1580. The van der Waals surface area contributed by atoms with E-state index in [1.165, 1.54) is 6.33 Å². The minimum Gasteiger partial charge on any atom is -0.495 e. The zero-order valence-corrected chi connectivity index (χ0v) is 25.5. The van der Waals surface area contributed by atoms with E-state index in [2.05, 4.69) is 36.8 Å². The van der Waals surface area contributed by atoms with Crippen LogP contribution in [0.3, 0.4) is 0 Å². The molecule has 0 bridgehead atoms. The fourth-order valence-electron chi connectivity index (χ4n) is 6.35. The van der Waals surface area contributed by atoms with Crippen LogP contribution in [0.4, 0.5) is 17.2 Å². The lowest BCUT2D eigenvalue weighted by Gasteiger charge is -2.41. The standard InChI is InChI=1S/C32H41N9O2/c1-38(2)23-8-5-21(6-9-23)32(42)36-26-14-7-22(19-27(26)43-4)29-28-30(33)34-20-35-31(28)41(37-29)25-12-10-24(11-13-25)40-17-15-39(3)16-18-40/h5-9,14,19-20,24-25H,10-13,15-18H2,1-4H3,(H,36,42)(H2,33,34,35)/t24-,25-. The summed E-state index contributed by atoms with van der Waals surface area (Å²) in [4.78, 5) is 29.0. The predicted octanol–water partition coefficient (Wildman–Crippen LogP) is 4.13. The van der Waals surface area contributed by atoms with Gasteiger partial charge in [-0.1, -0.05) is 6.07 Å². The molecule has 3 heterocycles. The Labute approximate surface area is 252 Å². The van der Waals surface area contributed by atoms with E-state index in [0.29, 0.717) is 34.6 Å². The van der Waals surface area contributed by atoms with Crippen LogP contribution in [0.1, 0.15) is 42.1 Å². The van der Waals surface area contributed by atoms with Crippen LogP contribution >= 0.6 is 0 Å². The number of anilines is 3. The Morgan fingerprint density at radius 1 is 0.977 bits per heavy atom. The quantitative estimate of drug-likeness (QED) is 0.331. The third-order valence-corrected chi connectivity index (χ3v) is 8.95. The molecule has 1 aliphatic heterocycles. The van der Waals surface area contributed by atoms with Crippen molar-refractivity contribution in [3.63, 3.8) is 0 Å². The van der Waals surface area contributed by atoms with Gasteiger partial charge in [0.1, 0.15) is 23.6 Å². The number of nitrogen functional groups attached to an aromatic ring is 1. The third kappa shape index (κ3) is 5.87. The summed E-state index contributed by atoms with van der Waals surface area (Å²) in [6.07, 6.45) is 5.89. The molecular weight excluding hydrogens is 542 g/mol. The fourth-order valence-corrected chi connectivity index (χ4v) is 6.35. The van der Waals surface area contributed by atoms with E-state index in [-0.39, 0.29) is 11.9 Å². The molecule has 0 spiro atoms. The van der Waals surface area contributed by atoms with E-state index in [9.17, 15) is 4.79 Å². The second-order valence-corrected chi connectivity index (χ2v) is 11.9. The van der Waals surface area contributed by atoms with Crippen molar-refractivity contribution in [3.8, 4) is 17.0 Å². The van der Waals surface area contributed by atoms with E-state index in [1.807, 2.05) is 61.5 Å². The van der Waals surface area contributed by atoms with Gasteiger partial charge in [0.25, 0.3) is 5.91 Å². The first-order chi connectivity index (χ1) is 20.8. The van der Waals surface area contributed by atoms with Crippen molar-refractivity contribution in [2.24, 2.45) is 0 Å². The largest absolute Gasteiger partial charge is 0.495 e. The van der Waals surface area contributed by atoms with E-state index in [4.69, 9.17) is 15.6 Å². The molecule has 0 radical (unpaired) electrons. The average Bonchev–Trinajstić information content (AvgIpc) is 3.43. The molecule has 0 unspecified atom stereocenters. The minimum atomic E-state index is -0.212. The van der Waals surface area contributed by atoms with Crippen LogP contribution in [0.15, 0.2) is 48.8 Å². The molecule has 2 aromatic heterocycles. The van der Waals surface area contributed by atoms with Crippen LogP contribution < -0.4 is 20.7 Å². The van der Waals surface area contributed by atoms with Gasteiger partial charge >= 0.3 is 0 Å². The van der Waals surface area contributed by atoms with E-state index < -0.39 is 0 Å². The smallest absolute Gasteiger partial charge is 0.255 e. The number of rotatable bonds is 7. The summed E-state index contributed by atoms with van der Waals surface area (Å²) in [6, 6.07) is 14.0.